The monoisotopic (exact) mass is 203 g/mol. The van der Waals surface area contributed by atoms with Crippen LogP contribution < -0.4 is 0 Å². The Morgan fingerprint density at radius 1 is 1.00 bits per heavy atom. The molecule has 0 aliphatic heterocycles. The van der Waals surface area contributed by atoms with E-state index >= 15 is 0 Å². The van der Waals surface area contributed by atoms with Crippen molar-refractivity contribution in [1.29, 1.82) is 0 Å². The van der Waals surface area contributed by atoms with Gasteiger partial charge < -0.3 is 4.98 Å². The molecule has 0 saturated heterocycles. The molecule has 2 heteroatoms. The molecule has 0 bridgehead atoms. The van der Waals surface area contributed by atoms with E-state index in [1.165, 1.54) is 23.5 Å². The van der Waals surface area contributed by atoms with Crippen LogP contribution in [0, 0.1) is 5.82 Å². The Morgan fingerprint density at radius 3 is 2.27 bits per heavy atom. The average Bonchev–Trinajstić information content (AvgIpc) is 2.69. The number of aryl methyl sites for hydroxylation is 1. The van der Waals surface area contributed by atoms with Gasteiger partial charge in [-0.15, -0.1) is 0 Å². The molecule has 1 N–H and O–H groups in total. The summed E-state index contributed by atoms with van der Waals surface area (Å²) in [4.78, 5) is 3.33. The van der Waals surface area contributed by atoms with Gasteiger partial charge in [-0.3, -0.25) is 0 Å². The van der Waals surface area contributed by atoms with E-state index in [2.05, 4.69) is 24.0 Å². The number of hydrogen-bond donors (Lipinski definition) is 1. The van der Waals surface area contributed by atoms with Gasteiger partial charge in [-0.25, -0.2) is 4.39 Å². The van der Waals surface area contributed by atoms with Crippen LogP contribution in [-0.2, 0) is 12.8 Å². The summed E-state index contributed by atoms with van der Waals surface area (Å²) in [6, 6.07) is 10.8. The summed E-state index contributed by atoms with van der Waals surface area (Å²) in [5, 5.41) is 0. The van der Waals surface area contributed by atoms with E-state index in [9.17, 15) is 4.39 Å². The number of rotatable bonds is 3. The zero-order valence-electron chi connectivity index (χ0n) is 8.76. The molecule has 0 amide bonds. The third kappa shape index (κ3) is 2.46. The van der Waals surface area contributed by atoms with Crippen molar-refractivity contribution in [3.05, 3.63) is 59.2 Å². The van der Waals surface area contributed by atoms with Gasteiger partial charge in [-0.1, -0.05) is 19.1 Å². The number of nitrogens with one attached hydrogen (secondary N) is 1. The van der Waals surface area contributed by atoms with E-state index in [1.54, 1.807) is 0 Å². The zero-order chi connectivity index (χ0) is 10.7. The summed E-state index contributed by atoms with van der Waals surface area (Å²) >= 11 is 0. The van der Waals surface area contributed by atoms with E-state index in [4.69, 9.17) is 0 Å². The number of benzene rings is 1. The van der Waals surface area contributed by atoms with Crippen LogP contribution in [0.3, 0.4) is 0 Å². The first-order valence-electron chi connectivity index (χ1n) is 5.19. The first-order chi connectivity index (χ1) is 7.28. The molecule has 0 fully saturated rings. The van der Waals surface area contributed by atoms with Gasteiger partial charge in [0.05, 0.1) is 0 Å². The molecule has 0 radical (unpaired) electrons. The summed E-state index contributed by atoms with van der Waals surface area (Å²) in [6.45, 7) is 2.12. The van der Waals surface area contributed by atoms with Crippen LogP contribution in [0.4, 0.5) is 4.39 Å². The molecule has 2 aromatic rings. The van der Waals surface area contributed by atoms with Gasteiger partial charge in [-0.05, 0) is 36.2 Å². The highest BCUT2D eigenvalue weighted by molar-refractivity contribution is 5.24. The van der Waals surface area contributed by atoms with E-state index in [1.807, 2.05) is 12.1 Å². The summed E-state index contributed by atoms with van der Waals surface area (Å²) in [5.41, 5.74) is 3.55. The van der Waals surface area contributed by atoms with Crippen LogP contribution in [-0.4, -0.2) is 4.98 Å². The van der Waals surface area contributed by atoms with Crippen LogP contribution in [0.15, 0.2) is 36.4 Å². The van der Waals surface area contributed by atoms with Crippen molar-refractivity contribution in [2.75, 3.05) is 0 Å². The third-order valence-electron chi connectivity index (χ3n) is 2.50. The Hall–Kier alpha value is -1.57. The zero-order valence-corrected chi connectivity index (χ0v) is 8.76. The predicted octanol–water partition coefficient (Wildman–Crippen LogP) is 3.31. The molecule has 0 atom stereocenters. The number of hydrogen-bond acceptors (Lipinski definition) is 0. The maximum atomic E-state index is 12.7. The third-order valence-corrected chi connectivity index (χ3v) is 2.50. The molecule has 0 spiro atoms. The first-order valence-corrected chi connectivity index (χ1v) is 5.19. The van der Waals surface area contributed by atoms with Gasteiger partial charge in [-0.2, -0.15) is 0 Å². The molecule has 2 rings (SSSR count). The highest BCUT2D eigenvalue weighted by Crippen LogP contribution is 2.10. The molecule has 1 aromatic carbocycles. The van der Waals surface area contributed by atoms with Gasteiger partial charge in [0.2, 0.25) is 0 Å². The Labute approximate surface area is 89.0 Å². The molecule has 0 aliphatic carbocycles. The molecule has 78 valence electrons. The Morgan fingerprint density at radius 2 is 1.67 bits per heavy atom. The molecule has 1 heterocycles. The van der Waals surface area contributed by atoms with Gasteiger partial charge >= 0.3 is 0 Å². The number of halogens is 1. The Balaban J connectivity index is 2.11. The normalized spacial score (nSPS) is 10.5. The summed E-state index contributed by atoms with van der Waals surface area (Å²) in [7, 11) is 0. The minimum absolute atomic E-state index is 0.181. The van der Waals surface area contributed by atoms with Crippen molar-refractivity contribution in [2.45, 2.75) is 19.8 Å². The second kappa shape index (κ2) is 4.30. The first kappa shape index (κ1) is 9.97. The lowest BCUT2D eigenvalue weighted by Gasteiger charge is -1.99. The highest BCUT2D eigenvalue weighted by Gasteiger charge is 1.99. The van der Waals surface area contributed by atoms with E-state index in [0.29, 0.717) is 0 Å². The molecule has 0 saturated carbocycles. The lowest BCUT2D eigenvalue weighted by atomic mass is 10.1. The van der Waals surface area contributed by atoms with Crippen molar-refractivity contribution in [1.82, 2.24) is 4.98 Å². The fraction of sp³-hybridized carbons (Fsp3) is 0.231. The van der Waals surface area contributed by atoms with E-state index in [0.717, 1.165) is 18.4 Å². The van der Waals surface area contributed by atoms with E-state index in [-0.39, 0.29) is 5.82 Å². The fourth-order valence-electron chi connectivity index (χ4n) is 1.62. The molecule has 0 unspecified atom stereocenters. The van der Waals surface area contributed by atoms with Crippen LogP contribution in [0.5, 0.6) is 0 Å². The summed E-state index contributed by atoms with van der Waals surface area (Å²) in [5.74, 6) is -0.181. The highest BCUT2D eigenvalue weighted by atomic mass is 19.1. The quantitative estimate of drug-likeness (QED) is 0.787. The van der Waals surface area contributed by atoms with Crippen molar-refractivity contribution in [3.63, 3.8) is 0 Å². The van der Waals surface area contributed by atoms with Gasteiger partial charge in [0.15, 0.2) is 0 Å². The number of aromatic nitrogens is 1. The average molecular weight is 203 g/mol. The minimum Gasteiger partial charge on any atom is -0.362 e. The fourth-order valence-corrected chi connectivity index (χ4v) is 1.62. The molecular weight excluding hydrogens is 189 g/mol. The molecule has 1 aromatic heterocycles. The number of H-pyrrole nitrogens is 1. The number of aromatic amines is 1. The Kier molecular flexibility index (Phi) is 2.86. The second-order valence-corrected chi connectivity index (χ2v) is 3.67. The van der Waals surface area contributed by atoms with Gasteiger partial charge in [0, 0.05) is 17.8 Å². The van der Waals surface area contributed by atoms with Crippen molar-refractivity contribution >= 4 is 0 Å². The summed E-state index contributed by atoms with van der Waals surface area (Å²) in [6.07, 6.45) is 1.85. The SMILES string of the molecule is CCc1ccc(Cc2ccc(F)cc2)[nH]1. The maximum Gasteiger partial charge on any atom is 0.123 e. The van der Waals surface area contributed by atoms with Crippen LogP contribution in [0.2, 0.25) is 0 Å². The van der Waals surface area contributed by atoms with Gasteiger partial charge in [0.1, 0.15) is 5.82 Å². The van der Waals surface area contributed by atoms with Crippen LogP contribution >= 0.6 is 0 Å². The van der Waals surface area contributed by atoms with Crippen LogP contribution in [0.25, 0.3) is 0 Å². The predicted molar refractivity (Wildman–Crippen MR) is 59.4 cm³/mol. The molecular formula is C13H14FN. The topological polar surface area (TPSA) is 15.8 Å². The maximum absolute atomic E-state index is 12.7. The lowest BCUT2D eigenvalue weighted by Crippen LogP contribution is -1.89. The van der Waals surface area contributed by atoms with Crippen LogP contribution in [0.1, 0.15) is 23.9 Å². The summed E-state index contributed by atoms with van der Waals surface area (Å²) < 4.78 is 12.7. The standard InChI is InChI=1S/C13H14FN/c1-2-12-7-8-13(15-12)9-10-3-5-11(14)6-4-10/h3-8,15H,2,9H2,1H3. The molecule has 15 heavy (non-hydrogen) atoms. The largest absolute Gasteiger partial charge is 0.362 e. The second-order valence-electron chi connectivity index (χ2n) is 3.67. The molecule has 1 nitrogen and oxygen atoms in total. The van der Waals surface area contributed by atoms with Crippen molar-refractivity contribution < 1.29 is 4.39 Å². The van der Waals surface area contributed by atoms with Gasteiger partial charge in [0.25, 0.3) is 0 Å². The van der Waals surface area contributed by atoms with Crippen molar-refractivity contribution in [3.8, 4) is 0 Å². The smallest absolute Gasteiger partial charge is 0.123 e. The Bertz CT molecular complexity index is 428. The van der Waals surface area contributed by atoms with Crippen molar-refractivity contribution in [2.24, 2.45) is 0 Å². The minimum atomic E-state index is -0.181. The van der Waals surface area contributed by atoms with E-state index < -0.39 is 0 Å². The lowest BCUT2D eigenvalue weighted by molar-refractivity contribution is 0.627. The molecule has 0 aliphatic rings.